The molecule has 38 heavy (non-hydrogen) atoms. The average molecular weight is 559 g/mol. The molecule has 5 heteroatoms. The molecule has 0 aliphatic heterocycles. The van der Waals surface area contributed by atoms with Gasteiger partial charge in [0.2, 0.25) is 0 Å². The maximum absolute atomic E-state index is 11.5. The first-order chi connectivity index (χ1) is 18.4. The van der Waals surface area contributed by atoms with E-state index in [1.807, 2.05) is 30.3 Å². The van der Waals surface area contributed by atoms with Crippen molar-refractivity contribution in [2.45, 2.75) is 46.0 Å². The van der Waals surface area contributed by atoms with Gasteiger partial charge in [0.15, 0.2) is 5.78 Å². The van der Waals surface area contributed by atoms with E-state index in [1.165, 1.54) is 16.9 Å². The van der Waals surface area contributed by atoms with Crippen molar-refractivity contribution in [2.75, 3.05) is 0 Å². The third-order valence-corrected chi connectivity index (χ3v) is 9.28. The molecule has 5 rings (SSSR count). The van der Waals surface area contributed by atoms with E-state index in [0.29, 0.717) is 20.5 Å². The molecule has 1 heterocycles. The zero-order valence-corrected chi connectivity index (χ0v) is 23.9. The van der Waals surface area contributed by atoms with Gasteiger partial charge in [-0.2, -0.15) is 5.26 Å². The van der Waals surface area contributed by atoms with Crippen LogP contribution in [0.5, 0.6) is 0 Å². The summed E-state index contributed by atoms with van der Waals surface area (Å²) in [4.78, 5) is 11.5. The lowest BCUT2D eigenvalue weighted by Gasteiger charge is -2.26. The quantitative estimate of drug-likeness (QED) is 0.283. The van der Waals surface area contributed by atoms with Crippen LogP contribution in [-0.2, 0) is 11.2 Å². The summed E-state index contributed by atoms with van der Waals surface area (Å²) >= 11 is 14.6. The lowest BCUT2D eigenvalue weighted by Crippen LogP contribution is -2.14. The maximum atomic E-state index is 11.5. The number of halogens is 2. The Morgan fingerprint density at radius 1 is 1.13 bits per heavy atom. The molecule has 2 nitrogen and oxygen atoms in total. The Morgan fingerprint density at radius 3 is 2.55 bits per heavy atom. The topological polar surface area (TPSA) is 40.9 Å². The highest BCUT2D eigenvalue weighted by molar-refractivity contribution is 7.20. The van der Waals surface area contributed by atoms with Gasteiger partial charge in [-0.25, -0.2) is 0 Å². The Balaban J connectivity index is 1.83. The smallest absolute Gasteiger partial charge is 0.152 e. The third-order valence-electron chi connectivity index (χ3n) is 7.80. The van der Waals surface area contributed by atoms with E-state index in [4.69, 9.17) is 23.2 Å². The molecular formula is C33H29Cl2NOS. The molecule has 3 aromatic rings. The van der Waals surface area contributed by atoms with Crippen molar-refractivity contribution >= 4 is 63.1 Å². The predicted molar refractivity (Wildman–Crippen MR) is 161 cm³/mol. The van der Waals surface area contributed by atoms with Crippen molar-refractivity contribution in [3.8, 4) is 6.07 Å². The fraction of sp³-hybridized carbons (Fsp3) is 0.273. The largest absolute Gasteiger partial charge is 0.295 e. The van der Waals surface area contributed by atoms with Gasteiger partial charge in [0.1, 0.15) is 10.4 Å². The lowest BCUT2D eigenvalue weighted by atomic mass is 9.77. The van der Waals surface area contributed by atoms with Crippen LogP contribution >= 0.6 is 34.5 Å². The van der Waals surface area contributed by atoms with Crippen LogP contribution in [0.2, 0.25) is 8.67 Å². The third kappa shape index (κ3) is 5.19. The summed E-state index contributed by atoms with van der Waals surface area (Å²) < 4.78 is 1.32. The second-order valence-electron chi connectivity index (χ2n) is 10.1. The molecule has 0 saturated heterocycles. The number of allylic oxidation sites excluding steroid dienone is 5. The van der Waals surface area contributed by atoms with Gasteiger partial charge in [0.05, 0.1) is 9.91 Å². The highest BCUT2D eigenvalue weighted by Gasteiger charge is 2.38. The van der Waals surface area contributed by atoms with Gasteiger partial charge >= 0.3 is 0 Å². The number of nitriles is 1. The van der Waals surface area contributed by atoms with E-state index in [-0.39, 0.29) is 5.78 Å². The summed E-state index contributed by atoms with van der Waals surface area (Å²) in [5.41, 5.74) is 9.37. The number of ketones is 1. The molecule has 1 saturated carbocycles. The Hall–Kier alpha value is -2.90. The Labute approximate surface area is 238 Å². The van der Waals surface area contributed by atoms with Gasteiger partial charge in [-0.15, -0.1) is 11.3 Å². The van der Waals surface area contributed by atoms with Crippen molar-refractivity contribution in [3.63, 3.8) is 0 Å². The SMILES string of the molecule is CC/C(=C(\C1=C(C#N)c2ccccc2CC2CCCC12)c1ccc(/C=C/C(C)=O)cc1)c1cc(Cl)sc1Cl. The number of carbonyl (C=O) groups excluding carboxylic acids is 1. The molecule has 0 amide bonds. The maximum Gasteiger partial charge on any atom is 0.152 e. The van der Waals surface area contributed by atoms with E-state index in [9.17, 15) is 10.1 Å². The monoisotopic (exact) mass is 557 g/mol. The van der Waals surface area contributed by atoms with Crippen LogP contribution in [0.4, 0.5) is 0 Å². The standard InChI is InChI=1S/C33H29Cl2NOS/c1-3-25(28-18-30(34)38-33(28)35)31(22-15-13-21(14-16-22)12-11-20(2)37)32-27-10-6-8-24(27)17-23-7-4-5-9-26(23)29(32)19-36/h4-5,7,9,11-16,18,24,27H,3,6,8,10,17H2,1-2H3/b12-11+,31-25+. The van der Waals surface area contributed by atoms with E-state index in [1.54, 1.807) is 13.0 Å². The van der Waals surface area contributed by atoms with E-state index < -0.39 is 0 Å². The van der Waals surface area contributed by atoms with E-state index >= 15 is 0 Å². The van der Waals surface area contributed by atoms with Crippen LogP contribution in [0.1, 0.15) is 67.3 Å². The Kier molecular flexibility index (Phi) is 8.05. The fourth-order valence-corrected chi connectivity index (χ4v) is 7.68. The number of benzene rings is 2. The van der Waals surface area contributed by atoms with E-state index in [2.05, 4.69) is 43.3 Å². The molecular weight excluding hydrogens is 529 g/mol. The fourth-order valence-electron chi connectivity index (χ4n) is 6.16. The van der Waals surface area contributed by atoms with Crippen molar-refractivity contribution in [3.05, 3.63) is 103 Å². The summed E-state index contributed by atoms with van der Waals surface area (Å²) in [6, 6.07) is 21.3. The number of rotatable bonds is 6. The van der Waals surface area contributed by atoms with Gasteiger partial charge in [0, 0.05) is 5.56 Å². The molecule has 0 radical (unpaired) electrons. The number of hydrogen-bond donors (Lipinski definition) is 0. The van der Waals surface area contributed by atoms with Gasteiger partial charge in [-0.3, -0.25) is 4.79 Å². The first-order valence-corrected chi connectivity index (χ1v) is 14.7. The van der Waals surface area contributed by atoms with Crippen LogP contribution in [0.25, 0.3) is 22.8 Å². The zero-order valence-electron chi connectivity index (χ0n) is 21.6. The van der Waals surface area contributed by atoms with Crippen LogP contribution in [-0.4, -0.2) is 5.78 Å². The van der Waals surface area contributed by atoms with Crippen molar-refractivity contribution in [2.24, 2.45) is 11.8 Å². The van der Waals surface area contributed by atoms with Crippen LogP contribution < -0.4 is 0 Å². The first kappa shape index (κ1) is 26.7. The Morgan fingerprint density at radius 2 is 1.89 bits per heavy atom. The van der Waals surface area contributed by atoms with E-state index in [0.717, 1.165) is 76.7 Å². The minimum absolute atomic E-state index is 0.0140. The summed E-state index contributed by atoms with van der Waals surface area (Å²) in [6.45, 7) is 3.69. The second kappa shape index (κ2) is 11.5. The Bertz CT molecular complexity index is 1520. The van der Waals surface area contributed by atoms with Crippen molar-refractivity contribution in [1.82, 2.24) is 0 Å². The molecule has 0 bridgehead atoms. The molecule has 192 valence electrons. The zero-order chi connectivity index (χ0) is 26.8. The molecule has 2 atom stereocenters. The normalized spacial score (nSPS) is 19.6. The molecule has 2 aromatic carbocycles. The van der Waals surface area contributed by atoms with Crippen molar-refractivity contribution in [1.29, 1.82) is 5.26 Å². The number of fused-ring (bicyclic) bond motifs is 2. The van der Waals surface area contributed by atoms with Gasteiger partial charge in [-0.05, 0) is 95.6 Å². The van der Waals surface area contributed by atoms with Gasteiger partial charge < -0.3 is 0 Å². The number of carbonyl (C=O) groups is 1. The number of hydrogen-bond acceptors (Lipinski definition) is 3. The molecule has 2 aliphatic rings. The van der Waals surface area contributed by atoms with Crippen LogP contribution in [0, 0.1) is 23.2 Å². The summed E-state index contributed by atoms with van der Waals surface area (Å²) in [5, 5.41) is 10.7. The highest BCUT2D eigenvalue weighted by Crippen LogP contribution is 2.52. The average Bonchev–Trinajstić information content (AvgIpc) is 3.47. The summed E-state index contributed by atoms with van der Waals surface area (Å²) in [6.07, 6.45) is 8.54. The molecule has 2 aliphatic carbocycles. The lowest BCUT2D eigenvalue weighted by molar-refractivity contribution is -0.112. The molecule has 2 unspecified atom stereocenters. The van der Waals surface area contributed by atoms with Crippen LogP contribution in [0.3, 0.4) is 0 Å². The van der Waals surface area contributed by atoms with Crippen molar-refractivity contribution < 1.29 is 4.79 Å². The number of nitrogens with zero attached hydrogens (tertiary/aromatic N) is 1. The second-order valence-corrected chi connectivity index (χ2v) is 12.4. The van der Waals surface area contributed by atoms with Gasteiger partial charge in [0.25, 0.3) is 0 Å². The number of thiophene rings is 1. The summed E-state index contributed by atoms with van der Waals surface area (Å²) in [5.74, 6) is 0.795. The summed E-state index contributed by atoms with van der Waals surface area (Å²) in [7, 11) is 0. The first-order valence-electron chi connectivity index (χ1n) is 13.1. The molecule has 0 N–H and O–H groups in total. The minimum Gasteiger partial charge on any atom is -0.295 e. The highest BCUT2D eigenvalue weighted by atomic mass is 35.5. The molecule has 1 fully saturated rings. The van der Waals surface area contributed by atoms with Crippen LogP contribution in [0.15, 0.2) is 66.2 Å². The van der Waals surface area contributed by atoms with Gasteiger partial charge in [-0.1, -0.05) is 91.2 Å². The molecule has 0 spiro atoms. The molecule has 1 aromatic heterocycles. The minimum atomic E-state index is 0.0140. The predicted octanol–water partition coefficient (Wildman–Crippen LogP) is 9.93.